The van der Waals surface area contributed by atoms with Crippen LogP contribution in [0.15, 0.2) is 59.7 Å². The van der Waals surface area contributed by atoms with Gasteiger partial charge in [-0.3, -0.25) is 23.7 Å². The molecule has 0 aliphatic heterocycles. The van der Waals surface area contributed by atoms with Crippen molar-refractivity contribution in [2.75, 3.05) is 5.32 Å². The number of nitrogens with zero attached hydrogens (tertiary/aromatic N) is 4. The first-order chi connectivity index (χ1) is 20.1. The third kappa shape index (κ3) is 6.19. The number of para-hydroxylation sites is 2. The number of aliphatic hydroxyl groups is 1. The molecule has 220 valence electrons. The Bertz CT molecular complexity index is 1660. The van der Waals surface area contributed by atoms with E-state index in [-0.39, 0.29) is 34.1 Å². The number of fused-ring (bicyclic) bond motifs is 1. The number of benzene rings is 1. The van der Waals surface area contributed by atoms with Gasteiger partial charge >= 0.3 is 5.69 Å². The molecule has 1 saturated carbocycles. The van der Waals surface area contributed by atoms with E-state index in [1.807, 2.05) is 24.3 Å². The zero-order valence-corrected chi connectivity index (χ0v) is 23.4. The number of aliphatic hydroxyl groups excluding tert-OH is 1. The largest absolute Gasteiger partial charge is 0.384 e. The van der Waals surface area contributed by atoms with Crippen LogP contribution < -0.4 is 16.3 Å². The molecule has 0 radical (unpaired) electrons. The molecular formula is C29H29ClF2N6O4. The molecule has 10 nitrogen and oxygen atoms in total. The van der Waals surface area contributed by atoms with Gasteiger partial charge in [0.2, 0.25) is 0 Å². The fraction of sp³-hybridized carbons (Fsp3) is 0.345. The van der Waals surface area contributed by atoms with Crippen LogP contribution >= 0.6 is 11.6 Å². The molecule has 42 heavy (non-hydrogen) atoms. The molecule has 1 aromatic carbocycles. The number of carbonyl (C=O) groups excluding carboxylic acids is 2. The van der Waals surface area contributed by atoms with Crippen molar-refractivity contribution >= 4 is 40.3 Å². The number of anilines is 1. The molecule has 1 atom stereocenters. The van der Waals surface area contributed by atoms with Crippen LogP contribution in [0.4, 0.5) is 14.6 Å². The first-order valence-corrected chi connectivity index (χ1v) is 13.9. The minimum absolute atomic E-state index is 0.104. The van der Waals surface area contributed by atoms with Crippen LogP contribution in [0.2, 0.25) is 5.02 Å². The van der Waals surface area contributed by atoms with Gasteiger partial charge < -0.3 is 15.7 Å². The molecule has 3 heterocycles. The van der Waals surface area contributed by atoms with Gasteiger partial charge in [-0.15, -0.1) is 0 Å². The monoisotopic (exact) mass is 598 g/mol. The van der Waals surface area contributed by atoms with Gasteiger partial charge in [-0.05, 0) is 68.9 Å². The molecule has 13 heteroatoms. The van der Waals surface area contributed by atoms with Crippen molar-refractivity contribution in [1.82, 2.24) is 24.4 Å². The number of alkyl halides is 2. The number of hydrogen-bond acceptors (Lipinski definition) is 6. The number of rotatable bonds is 8. The molecule has 0 unspecified atom stereocenters. The first kappa shape index (κ1) is 29.3. The fourth-order valence-electron chi connectivity index (χ4n) is 5.27. The van der Waals surface area contributed by atoms with E-state index >= 15 is 0 Å². The summed E-state index contributed by atoms with van der Waals surface area (Å²) in [6, 6.07) is 11.7. The zero-order valence-electron chi connectivity index (χ0n) is 22.6. The second kappa shape index (κ2) is 12.4. The number of hydrogen-bond donors (Lipinski definition) is 3. The molecule has 0 bridgehead atoms. The predicted octanol–water partition coefficient (Wildman–Crippen LogP) is 4.48. The Hall–Kier alpha value is -4.16. The van der Waals surface area contributed by atoms with Crippen molar-refractivity contribution in [2.24, 2.45) is 5.92 Å². The minimum Gasteiger partial charge on any atom is -0.384 e. The van der Waals surface area contributed by atoms with Crippen molar-refractivity contribution in [3.8, 4) is 5.69 Å². The summed E-state index contributed by atoms with van der Waals surface area (Å²) in [5, 5.41) is 14.9. The molecule has 0 saturated heterocycles. The van der Waals surface area contributed by atoms with Gasteiger partial charge in [0, 0.05) is 18.8 Å². The molecule has 1 aliphatic carbocycles. The number of amides is 2. The van der Waals surface area contributed by atoms with Crippen LogP contribution in [0.3, 0.4) is 0 Å². The molecule has 2 amide bonds. The van der Waals surface area contributed by atoms with Crippen molar-refractivity contribution in [3.05, 3.63) is 81.6 Å². The predicted molar refractivity (Wildman–Crippen MR) is 153 cm³/mol. The lowest BCUT2D eigenvalue weighted by atomic mass is 9.85. The molecule has 1 aliphatic rings. The average molecular weight is 599 g/mol. The van der Waals surface area contributed by atoms with E-state index in [2.05, 4.69) is 20.6 Å². The minimum atomic E-state index is -2.90. The van der Waals surface area contributed by atoms with E-state index in [1.165, 1.54) is 19.2 Å². The highest BCUT2D eigenvalue weighted by Gasteiger charge is 2.27. The summed E-state index contributed by atoms with van der Waals surface area (Å²) in [6.45, 7) is 1.82. The second-order valence-corrected chi connectivity index (χ2v) is 10.8. The third-order valence-electron chi connectivity index (χ3n) is 7.43. The van der Waals surface area contributed by atoms with Gasteiger partial charge in [-0.2, -0.15) is 0 Å². The summed E-state index contributed by atoms with van der Waals surface area (Å²) in [7, 11) is 0. The highest BCUT2D eigenvalue weighted by Crippen LogP contribution is 2.29. The molecule has 4 aromatic rings. The maximum absolute atomic E-state index is 13.7. The molecular weight excluding hydrogens is 570 g/mol. The fourth-order valence-corrected chi connectivity index (χ4v) is 5.43. The number of imidazole rings is 1. The molecule has 1 fully saturated rings. The van der Waals surface area contributed by atoms with Gasteiger partial charge in [-0.1, -0.05) is 23.7 Å². The summed E-state index contributed by atoms with van der Waals surface area (Å²) >= 11 is 5.89. The maximum Gasteiger partial charge on any atom is 0.333 e. The van der Waals surface area contributed by atoms with Crippen LogP contribution in [0.1, 0.15) is 55.1 Å². The van der Waals surface area contributed by atoms with Crippen LogP contribution in [-0.4, -0.2) is 48.2 Å². The van der Waals surface area contributed by atoms with Gasteiger partial charge in [0.1, 0.15) is 17.6 Å². The quantitative estimate of drug-likeness (QED) is 0.274. The van der Waals surface area contributed by atoms with Crippen LogP contribution in [-0.2, 0) is 11.3 Å². The second-order valence-electron chi connectivity index (χ2n) is 10.4. The Kier molecular flexibility index (Phi) is 8.64. The molecule has 3 N–H and O–H groups in total. The van der Waals surface area contributed by atoms with E-state index < -0.39 is 30.0 Å². The van der Waals surface area contributed by atoms with Crippen LogP contribution in [0, 0.1) is 5.92 Å². The van der Waals surface area contributed by atoms with E-state index in [0.717, 1.165) is 24.6 Å². The Balaban J connectivity index is 1.29. The van der Waals surface area contributed by atoms with Crippen LogP contribution in [0.25, 0.3) is 16.7 Å². The summed E-state index contributed by atoms with van der Waals surface area (Å²) < 4.78 is 30.0. The van der Waals surface area contributed by atoms with E-state index in [9.17, 15) is 28.3 Å². The van der Waals surface area contributed by atoms with Gasteiger partial charge in [0.25, 0.3) is 18.2 Å². The van der Waals surface area contributed by atoms with Gasteiger partial charge in [0.15, 0.2) is 0 Å². The Morgan fingerprint density at radius 3 is 2.43 bits per heavy atom. The zero-order chi connectivity index (χ0) is 30.0. The topological polar surface area (TPSA) is 131 Å². The summed E-state index contributed by atoms with van der Waals surface area (Å²) in [5.74, 6) is -0.802. The Labute approximate surface area is 244 Å². The standard InChI is InChI=1S/C29H29ClF2N6O4/c1-16(39)27(40)36-24-11-10-20(14-33-24)38-23-5-3-2-4-22(23)37(29(38)42)15-17-6-8-19(9-7-17)35-28(41)21-12-18(30)13-34-25(21)26(31)32/h2-5,10-14,16-17,19,26,39H,6-9,15H2,1H3,(H,35,41)(H,33,36,40)/t16-,17?,19?/m0/s1. The number of aromatic nitrogens is 4. The van der Waals surface area contributed by atoms with Gasteiger partial charge in [0.05, 0.1) is 33.5 Å². The Morgan fingerprint density at radius 2 is 1.79 bits per heavy atom. The van der Waals surface area contributed by atoms with E-state index in [4.69, 9.17) is 11.6 Å². The number of nitrogens with one attached hydrogen (secondary N) is 2. The summed E-state index contributed by atoms with van der Waals surface area (Å²) in [6.07, 6.45) is 1.21. The normalized spacial score (nSPS) is 17.8. The number of halogens is 3. The summed E-state index contributed by atoms with van der Waals surface area (Å²) in [4.78, 5) is 46.0. The van der Waals surface area contributed by atoms with Crippen molar-refractivity contribution in [1.29, 1.82) is 0 Å². The van der Waals surface area contributed by atoms with Crippen molar-refractivity contribution < 1.29 is 23.5 Å². The average Bonchev–Trinajstić information content (AvgIpc) is 3.25. The van der Waals surface area contributed by atoms with Gasteiger partial charge in [-0.25, -0.2) is 18.6 Å². The van der Waals surface area contributed by atoms with Crippen LogP contribution in [0.5, 0.6) is 0 Å². The third-order valence-corrected chi connectivity index (χ3v) is 7.64. The molecule has 0 spiro atoms. The number of pyridine rings is 2. The van der Waals surface area contributed by atoms with E-state index in [1.54, 1.807) is 21.3 Å². The lowest BCUT2D eigenvalue weighted by Crippen LogP contribution is -2.39. The number of carbonyl (C=O) groups is 2. The lowest BCUT2D eigenvalue weighted by molar-refractivity contribution is -0.123. The maximum atomic E-state index is 13.7. The van der Waals surface area contributed by atoms with E-state index in [0.29, 0.717) is 30.6 Å². The first-order valence-electron chi connectivity index (χ1n) is 13.5. The highest BCUT2D eigenvalue weighted by molar-refractivity contribution is 6.30. The summed E-state index contributed by atoms with van der Waals surface area (Å²) in [5.41, 5.74) is 0.924. The molecule has 3 aromatic heterocycles. The van der Waals surface area contributed by atoms with Crippen molar-refractivity contribution in [3.63, 3.8) is 0 Å². The lowest BCUT2D eigenvalue weighted by Gasteiger charge is -2.29. The highest BCUT2D eigenvalue weighted by atomic mass is 35.5. The van der Waals surface area contributed by atoms with Crippen molar-refractivity contribution in [2.45, 2.75) is 57.7 Å². The molecule has 5 rings (SSSR count). The smallest absolute Gasteiger partial charge is 0.333 e. The SMILES string of the molecule is C[C@H](O)C(=O)Nc1ccc(-n2c(=O)n(CC3CCC(NC(=O)c4cc(Cl)cnc4C(F)F)CC3)c3ccccc32)cn1. The Morgan fingerprint density at radius 1 is 1.07 bits per heavy atom.